The molecule has 1 aliphatic carbocycles. The molecule has 1 amide bonds. The maximum absolute atomic E-state index is 14.6. The van der Waals surface area contributed by atoms with Gasteiger partial charge in [-0.1, -0.05) is 47.7 Å². The topological polar surface area (TPSA) is 43.3 Å². The summed E-state index contributed by atoms with van der Waals surface area (Å²) in [6, 6.07) is 5.77. The summed E-state index contributed by atoms with van der Waals surface area (Å²) < 4.78 is 22.3. The Hall–Kier alpha value is -1.40. The number of aromatic nitrogens is 1. The third-order valence-corrected chi connectivity index (χ3v) is 6.46. The molecule has 6 heteroatoms. The predicted octanol–water partition coefficient (Wildman–Crippen LogP) is 4.84. The Morgan fingerprint density at radius 2 is 2.00 bits per heavy atom. The van der Waals surface area contributed by atoms with Gasteiger partial charge in [-0.15, -0.1) is 0 Å². The van der Waals surface area contributed by atoms with Crippen LogP contribution in [0.4, 0.5) is 4.39 Å². The van der Waals surface area contributed by atoms with E-state index < -0.39 is 5.67 Å². The molecule has 0 bridgehead atoms. The molecule has 2 fully saturated rings. The van der Waals surface area contributed by atoms with Crippen LogP contribution in [0.5, 0.6) is 0 Å². The number of carbonyl (C=O) groups excluding carboxylic acids is 1. The molecule has 4 rings (SSSR count). The minimum Gasteiger partial charge on any atom is -0.374 e. The van der Waals surface area contributed by atoms with Crippen molar-refractivity contribution in [1.82, 2.24) is 9.88 Å². The lowest BCUT2D eigenvalue weighted by Crippen LogP contribution is -2.48. The van der Waals surface area contributed by atoms with Gasteiger partial charge in [-0.25, -0.2) is 4.39 Å². The van der Waals surface area contributed by atoms with E-state index in [-0.39, 0.29) is 25.7 Å². The number of rotatable bonds is 5. The van der Waals surface area contributed by atoms with Crippen molar-refractivity contribution in [1.29, 1.82) is 0 Å². The number of nitrogens with one attached hydrogen (secondary N) is 1. The van der Waals surface area contributed by atoms with Gasteiger partial charge in [0.05, 0.1) is 30.8 Å². The van der Waals surface area contributed by atoms with Crippen molar-refractivity contribution in [3.8, 4) is 0 Å². The SMILES string of the molecule is O=C(NCC1CCCCCC1)c1cn(CC2(F)COC2)c2cccc(Br)c12. The van der Waals surface area contributed by atoms with E-state index in [0.29, 0.717) is 11.5 Å². The normalized spacial score (nSPS) is 20.2. The van der Waals surface area contributed by atoms with Crippen molar-refractivity contribution in [2.75, 3.05) is 19.8 Å². The van der Waals surface area contributed by atoms with E-state index in [4.69, 9.17) is 4.74 Å². The van der Waals surface area contributed by atoms with Crippen LogP contribution in [-0.4, -0.2) is 35.9 Å². The number of fused-ring (bicyclic) bond motifs is 1. The summed E-state index contributed by atoms with van der Waals surface area (Å²) >= 11 is 3.57. The number of hydrogen-bond acceptors (Lipinski definition) is 2. The van der Waals surface area contributed by atoms with Crippen LogP contribution in [0.15, 0.2) is 28.9 Å². The monoisotopic (exact) mass is 436 g/mol. The van der Waals surface area contributed by atoms with Crippen molar-refractivity contribution >= 4 is 32.7 Å². The summed E-state index contributed by atoms with van der Waals surface area (Å²) in [7, 11) is 0. The lowest BCUT2D eigenvalue weighted by atomic mass is 10.0. The maximum Gasteiger partial charge on any atom is 0.253 e. The minimum atomic E-state index is -1.34. The molecule has 1 N–H and O–H groups in total. The smallest absolute Gasteiger partial charge is 0.253 e. The first-order valence-electron chi connectivity index (χ1n) is 9.88. The van der Waals surface area contributed by atoms with Gasteiger partial charge in [0.15, 0.2) is 5.67 Å². The number of amides is 1. The zero-order valence-corrected chi connectivity index (χ0v) is 17.1. The lowest BCUT2D eigenvalue weighted by Gasteiger charge is -2.34. The van der Waals surface area contributed by atoms with Crippen molar-refractivity contribution in [2.45, 2.75) is 50.7 Å². The van der Waals surface area contributed by atoms with E-state index in [1.54, 1.807) is 6.20 Å². The van der Waals surface area contributed by atoms with E-state index in [9.17, 15) is 9.18 Å². The highest BCUT2D eigenvalue weighted by molar-refractivity contribution is 9.10. The molecule has 2 heterocycles. The van der Waals surface area contributed by atoms with Crippen molar-refractivity contribution in [3.05, 3.63) is 34.4 Å². The summed E-state index contributed by atoms with van der Waals surface area (Å²) in [6.45, 7) is 1.15. The van der Waals surface area contributed by atoms with Crippen LogP contribution in [0.3, 0.4) is 0 Å². The molecule has 0 unspecified atom stereocenters. The summed E-state index contributed by atoms with van der Waals surface area (Å²) in [6.07, 6.45) is 9.29. The van der Waals surface area contributed by atoms with Gasteiger partial charge < -0.3 is 14.6 Å². The molecule has 0 atom stereocenters. The molecule has 1 aliphatic heterocycles. The Labute approximate surface area is 167 Å². The van der Waals surface area contributed by atoms with Gasteiger partial charge in [0.1, 0.15) is 0 Å². The van der Waals surface area contributed by atoms with E-state index in [0.717, 1.165) is 21.9 Å². The minimum absolute atomic E-state index is 0.0762. The molecule has 1 aromatic carbocycles. The molecule has 0 radical (unpaired) electrons. The van der Waals surface area contributed by atoms with Gasteiger partial charge in [-0.3, -0.25) is 4.79 Å². The number of ether oxygens (including phenoxy) is 1. The summed E-state index contributed by atoms with van der Waals surface area (Å²) in [5.41, 5.74) is 0.130. The number of hydrogen-bond donors (Lipinski definition) is 1. The maximum atomic E-state index is 14.6. The molecule has 1 saturated carbocycles. The van der Waals surface area contributed by atoms with Gasteiger partial charge in [0.2, 0.25) is 0 Å². The van der Waals surface area contributed by atoms with Crippen LogP contribution in [0.1, 0.15) is 48.9 Å². The molecular formula is C21H26BrFN2O2. The highest BCUT2D eigenvalue weighted by Gasteiger charge is 2.39. The largest absolute Gasteiger partial charge is 0.374 e. The molecular weight excluding hydrogens is 411 g/mol. The molecule has 2 aliphatic rings. The van der Waals surface area contributed by atoms with Crippen LogP contribution >= 0.6 is 15.9 Å². The molecule has 27 heavy (non-hydrogen) atoms. The van der Waals surface area contributed by atoms with E-state index >= 15 is 0 Å². The van der Waals surface area contributed by atoms with Crippen molar-refractivity contribution in [3.63, 3.8) is 0 Å². The second-order valence-corrected chi connectivity index (χ2v) is 8.87. The summed E-state index contributed by atoms with van der Waals surface area (Å²) in [4.78, 5) is 12.9. The van der Waals surface area contributed by atoms with E-state index in [2.05, 4.69) is 21.2 Å². The van der Waals surface area contributed by atoms with Gasteiger partial charge in [-0.2, -0.15) is 0 Å². The van der Waals surface area contributed by atoms with Crippen molar-refractivity contribution in [2.24, 2.45) is 5.92 Å². The Kier molecular flexibility index (Phi) is 5.55. The van der Waals surface area contributed by atoms with Crippen LogP contribution in [-0.2, 0) is 11.3 Å². The molecule has 146 valence electrons. The number of alkyl halides is 1. The summed E-state index contributed by atoms with van der Waals surface area (Å²) in [5, 5.41) is 3.98. The fraction of sp³-hybridized carbons (Fsp3) is 0.571. The average molecular weight is 437 g/mol. The highest BCUT2D eigenvalue weighted by Crippen LogP contribution is 2.32. The van der Waals surface area contributed by atoms with Gasteiger partial charge >= 0.3 is 0 Å². The molecule has 4 nitrogen and oxygen atoms in total. The van der Waals surface area contributed by atoms with Crippen LogP contribution < -0.4 is 5.32 Å². The van der Waals surface area contributed by atoms with E-state index in [1.807, 2.05) is 22.8 Å². The standard InChI is InChI=1S/C21H26BrFN2O2/c22-17-8-5-9-18-19(17)16(11-25(18)12-21(23)13-27-14-21)20(26)24-10-15-6-3-1-2-4-7-15/h5,8-9,11,15H,1-4,6-7,10,12-14H2,(H,24,26). The number of nitrogens with zero attached hydrogens (tertiary/aromatic N) is 1. The number of halogens is 2. The van der Waals surface area contributed by atoms with Gasteiger partial charge in [-0.05, 0) is 30.9 Å². The summed E-state index contributed by atoms with van der Waals surface area (Å²) in [5.74, 6) is 0.488. The molecule has 2 aromatic rings. The van der Waals surface area contributed by atoms with Crippen LogP contribution in [0.2, 0.25) is 0 Å². The van der Waals surface area contributed by atoms with E-state index in [1.165, 1.54) is 38.5 Å². The van der Waals surface area contributed by atoms with Gasteiger partial charge in [0.25, 0.3) is 5.91 Å². The third kappa shape index (κ3) is 4.06. The van der Waals surface area contributed by atoms with Crippen molar-refractivity contribution < 1.29 is 13.9 Å². The Morgan fingerprint density at radius 1 is 1.26 bits per heavy atom. The molecule has 0 spiro atoms. The first-order valence-corrected chi connectivity index (χ1v) is 10.7. The average Bonchev–Trinajstić information content (AvgIpc) is 2.81. The number of carbonyl (C=O) groups is 1. The zero-order valence-electron chi connectivity index (χ0n) is 15.5. The highest BCUT2D eigenvalue weighted by atomic mass is 79.9. The Bertz CT molecular complexity index is 823. The zero-order chi connectivity index (χ0) is 18.9. The van der Waals surface area contributed by atoms with Crippen LogP contribution in [0.25, 0.3) is 10.9 Å². The first-order chi connectivity index (χ1) is 13.1. The lowest BCUT2D eigenvalue weighted by molar-refractivity contribution is -0.136. The number of benzene rings is 1. The molecule has 1 aromatic heterocycles. The molecule has 1 saturated heterocycles. The Morgan fingerprint density at radius 3 is 2.67 bits per heavy atom. The predicted molar refractivity (Wildman–Crippen MR) is 108 cm³/mol. The third-order valence-electron chi connectivity index (χ3n) is 5.80. The fourth-order valence-corrected chi connectivity index (χ4v) is 4.80. The van der Waals surface area contributed by atoms with Gasteiger partial charge in [0, 0.05) is 22.6 Å². The fourth-order valence-electron chi connectivity index (χ4n) is 4.23. The van der Waals surface area contributed by atoms with Crippen LogP contribution in [0, 0.1) is 5.92 Å². The second kappa shape index (κ2) is 7.92. The Balaban J connectivity index is 1.55. The second-order valence-electron chi connectivity index (χ2n) is 8.02. The first kappa shape index (κ1) is 18.9. The quantitative estimate of drug-likeness (QED) is 0.681.